The number of benzene rings is 2. The molecule has 0 unspecified atom stereocenters. The lowest BCUT2D eigenvalue weighted by atomic mass is 9.81. The molecule has 8 nitrogen and oxygen atoms in total. The quantitative estimate of drug-likeness (QED) is 0.255. The Kier molecular flexibility index (Phi) is 12.9. The first-order valence-electron chi connectivity index (χ1n) is 14.6. The minimum absolute atomic E-state index is 0.0365. The summed E-state index contributed by atoms with van der Waals surface area (Å²) in [4.78, 5) is 25.7. The third-order valence-corrected chi connectivity index (χ3v) is 7.37. The number of hydrogen-bond donors (Lipinski definition) is 2. The van der Waals surface area contributed by atoms with Crippen molar-refractivity contribution in [3.8, 4) is 23.0 Å². The minimum Gasteiger partial charge on any atom is -0.493 e. The van der Waals surface area contributed by atoms with E-state index in [0.29, 0.717) is 63.5 Å². The molecular weight excluding hydrogens is 508 g/mol. The van der Waals surface area contributed by atoms with Gasteiger partial charge in [0.05, 0.1) is 27.4 Å². The first-order chi connectivity index (χ1) is 19.5. The fourth-order valence-electron chi connectivity index (χ4n) is 4.82. The molecule has 0 atom stereocenters. The van der Waals surface area contributed by atoms with Gasteiger partial charge in [0.1, 0.15) is 0 Å². The van der Waals surface area contributed by atoms with E-state index in [4.69, 9.17) is 18.9 Å². The summed E-state index contributed by atoms with van der Waals surface area (Å²) in [5.41, 5.74) is 1.91. The van der Waals surface area contributed by atoms with E-state index in [1.165, 1.54) is 0 Å². The molecule has 0 spiro atoms. The van der Waals surface area contributed by atoms with Crippen LogP contribution in [0.15, 0.2) is 36.4 Å². The van der Waals surface area contributed by atoms with Crippen molar-refractivity contribution in [2.24, 2.45) is 11.8 Å². The van der Waals surface area contributed by atoms with Crippen LogP contribution in [-0.2, 0) is 22.7 Å². The van der Waals surface area contributed by atoms with Crippen LogP contribution < -0.4 is 29.6 Å². The molecule has 1 saturated carbocycles. The van der Waals surface area contributed by atoms with E-state index in [0.717, 1.165) is 48.3 Å². The van der Waals surface area contributed by atoms with Crippen LogP contribution in [0.1, 0.15) is 76.3 Å². The molecule has 2 aromatic rings. The highest BCUT2D eigenvalue weighted by atomic mass is 16.5. The van der Waals surface area contributed by atoms with Crippen LogP contribution in [-0.4, -0.2) is 39.2 Å². The van der Waals surface area contributed by atoms with Crippen molar-refractivity contribution in [3.05, 3.63) is 47.5 Å². The number of ether oxygens (including phenoxy) is 4. The molecule has 0 aromatic heterocycles. The summed E-state index contributed by atoms with van der Waals surface area (Å²) in [6.45, 7) is 6.41. The van der Waals surface area contributed by atoms with Gasteiger partial charge in [0.15, 0.2) is 23.0 Å². The van der Waals surface area contributed by atoms with Crippen molar-refractivity contribution >= 4 is 11.8 Å². The summed E-state index contributed by atoms with van der Waals surface area (Å²) in [7, 11) is 3.24. The van der Waals surface area contributed by atoms with Gasteiger partial charge in [-0.2, -0.15) is 0 Å². The van der Waals surface area contributed by atoms with E-state index < -0.39 is 0 Å². The highest BCUT2D eigenvalue weighted by molar-refractivity contribution is 5.81. The maximum atomic E-state index is 12.8. The molecule has 0 bridgehead atoms. The van der Waals surface area contributed by atoms with E-state index in [9.17, 15) is 9.59 Å². The Balaban J connectivity index is 1.41. The SMILES string of the molecule is CCCCOc1ccc(CNC(=O)C2CCC(C(=O)NCc3ccc(OCCCC)c(OC)c3)CC2)cc1OC. The third kappa shape index (κ3) is 9.35. The summed E-state index contributed by atoms with van der Waals surface area (Å²) >= 11 is 0. The maximum Gasteiger partial charge on any atom is 0.223 e. The Labute approximate surface area is 239 Å². The molecule has 220 valence electrons. The Hall–Kier alpha value is -3.42. The average Bonchev–Trinajstić information content (AvgIpc) is 2.99. The lowest BCUT2D eigenvalue weighted by molar-refractivity contribution is -0.130. The second-order valence-corrected chi connectivity index (χ2v) is 10.4. The Morgan fingerprint density at radius 1 is 0.675 bits per heavy atom. The number of rotatable bonds is 16. The van der Waals surface area contributed by atoms with Crippen LogP contribution in [0, 0.1) is 11.8 Å². The van der Waals surface area contributed by atoms with Gasteiger partial charge in [-0.3, -0.25) is 9.59 Å². The van der Waals surface area contributed by atoms with Crippen LogP contribution >= 0.6 is 0 Å². The number of amides is 2. The van der Waals surface area contributed by atoms with Gasteiger partial charge in [-0.25, -0.2) is 0 Å². The third-order valence-electron chi connectivity index (χ3n) is 7.37. The molecule has 2 N–H and O–H groups in total. The second kappa shape index (κ2) is 16.6. The largest absolute Gasteiger partial charge is 0.493 e. The summed E-state index contributed by atoms with van der Waals surface area (Å²) in [5.74, 6) is 2.70. The van der Waals surface area contributed by atoms with Crippen molar-refractivity contribution in [3.63, 3.8) is 0 Å². The van der Waals surface area contributed by atoms with Crippen LogP contribution in [0.5, 0.6) is 23.0 Å². The number of hydrogen-bond acceptors (Lipinski definition) is 6. The summed E-state index contributed by atoms with van der Waals surface area (Å²) in [6.07, 6.45) is 6.93. The predicted octanol–water partition coefficient (Wildman–Crippen LogP) is 5.80. The zero-order chi connectivity index (χ0) is 28.7. The van der Waals surface area contributed by atoms with Crippen molar-refractivity contribution in [1.29, 1.82) is 0 Å². The van der Waals surface area contributed by atoms with Crippen molar-refractivity contribution in [1.82, 2.24) is 10.6 Å². The van der Waals surface area contributed by atoms with E-state index in [-0.39, 0.29) is 23.7 Å². The molecule has 0 radical (unpaired) electrons. The van der Waals surface area contributed by atoms with E-state index >= 15 is 0 Å². The number of unbranched alkanes of at least 4 members (excludes halogenated alkanes) is 2. The zero-order valence-corrected chi connectivity index (χ0v) is 24.6. The lowest BCUT2D eigenvalue weighted by Gasteiger charge is -2.27. The van der Waals surface area contributed by atoms with Gasteiger partial charge in [0, 0.05) is 24.9 Å². The number of methoxy groups -OCH3 is 2. The van der Waals surface area contributed by atoms with E-state index in [1.807, 2.05) is 36.4 Å². The Morgan fingerprint density at radius 3 is 1.43 bits per heavy atom. The Morgan fingerprint density at radius 2 is 1.07 bits per heavy atom. The van der Waals surface area contributed by atoms with Crippen molar-refractivity contribution in [2.75, 3.05) is 27.4 Å². The van der Waals surface area contributed by atoms with Gasteiger partial charge >= 0.3 is 0 Å². The minimum atomic E-state index is -0.0768. The Bertz CT molecular complexity index is 996. The zero-order valence-electron chi connectivity index (χ0n) is 24.6. The van der Waals surface area contributed by atoms with Crippen molar-refractivity contribution in [2.45, 2.75) is 78.3 Å². The van der Waals surface area contributed by atoms with E-state index in [1.54, 1.807) is 14.2 Å². The monoisotopic (exact) mass is 554 g/mol. The topological polar surface area (TPSA) is 95.1 Å². The average molecular weight is 555 g/mol. The van der Waals surface area contributed by atoms with Crippen LogP contribution in [0.3, 0.4) is 0 Å². The van der Waals surface area contributed by atoms with Gasteiger partial charge < -0.3 is 29.6 Å². The standard InChI is InChI=1S/C32H46N2O6/c1-5-7-17-39-27-15-9-23(19-29(27)37-3)21-33-31(35)25-11-13-26(14-12-25)32(36)34-22-24-10-16-28(30(20-24)38-4)40-18-8-6-2/h9-10,15-16,19-20,25-26H,5-8,11-14,17-18,21-22H2,1-4H3,(H,33,35)(H,34,36). The van der Waals surface area contributed by atoms with Crippen molar-refractivity contribution < 1.29 is 28.5 Å². The normalized spacial score (nSPS) is 16.6. The van der Waals surface area contributed by atoms with E-state index in [2.05, 4.69) is 24.5 Å². The highest BCUT2D eigenvalue weighted by Crippen LogP contribution is 2.31. The van der Waals surface area contributed by atoms with Gasteiger partial charge in [-0.1, -0.05) is 38.8 Å². The summed E-state index contributed by atoms with van der Waals surface area (Å²) in [5, 5.41) is 6.11. The molecule has 1 aliphatic carbocycles. The fourth-order valence-corrected chi connectivity index (χ4v) is 4.82. The van der Waals surface area contributed by atoms with Crippen LogP contribution in [0.4, 0.5) is 0 Å². The molecule has 8 heteroatoms. The number of nitrogens with one attached hydrogen (secondary N) is 2. The molecule has 2 amide bonds. The molecule has 2 aromatic carbocycles. The highest BCUT2D eigenvalue weighted by Gasteiger charge is 2.29. The van der Waals surface area contributed by atoms with Gasteiger partial charge in [-0.05, 0) is 73.9 Å². The summed E-state index contributed by atoms with van der Waals surface area (Å²) < 4.78 is 22.5. The van der Waals surface area contributed by atoms with Crippen LogP contribution in [0.2, 0.25) is 0 Å². The van der Waals surface area contributed by atoms with Crippen LogP contribution in [0.25, 0.3) is 0 Å². The maximum absolute atomic E-state index is 12.8. The molecular formula is C32H46N2O6. The number of carbonyl (C=O) groups is 2. The molecule has 0 aliphatic heterocycles. The lowest BCUT2D eigenvalue weighted by Crippen LogP contribution is -2.37. The molecule has 1 aliphatic rings. The molecule has 0 saturated heterocycles. The predicted molar refractivity (Wildman–Crippen MR) is 156 cm³/mol. The smallest absolute Gasteiger partial charge is 0.223 e. The first kappa shape index (κ1) is 31.1. The molecule has 1 fully saturated rings. The van der Waals surface area contributed by atoms with Gasteiger partial charge in [0.2, 0.25) is 11.8 Å². The van der Waals surface area contributed by atoms with Gasteiger partial charge in [0.25, 0.3) is 0 Å². The fraction of sp³-hybridized carbons (Fsp3) is 0.562. The first-order valence-corrected chi connectivity index (χ1v) is 14.6. The molecule has 3 rings (SSSR count). The molecule has 40 heavy (non-hydrogen) atoms. The van der Waals surface area contributed by atoms with Gasteiger partial charge in [-0.15, -0.1) is 0 Å². The molecule has 0 heterocycles. The second-order valence-electron chi connectivity index (χ2n) is 10.4. The number of carbonyl (C=O) groups excluding carboxylic acids is 2. The summed E-state index contributed by atoms with van der Waals surface area (Å²) in [6, 6.07) is 11.5.